The molecule has 0 spiro atoms. The van der Waals surface area contributed by atoms with Gasteiger partial charge in [-0.3, -0.25) is 0 Å². The van der Waals surface area contributed by atoms with Crippen LogP contribution in [0.5, 0.6) is 0 Å². The lowest BCUT2D eigenvalue weighted by Gasteiger charge is -2.35. The molecule has 0 bridgehead atoms. The number of hydrogen-bond acceptors (Lipinski definition) is 2. The minimum atomic E-state index is -0.214. The molecule has 2 atom stereocenters. The zero-order valence-electron chi connectivity index (χ0n) is 11.5. The van der Waals surface area contributed by atoms with E-state index in [0.29, 0.717) is 5.02 Å². The van der Waals surface area contributed by atoms with Crippen molar-refractivity contribution in [1.29, 1.82) is 0 Å². The number of hydrogen-bond donors (Lipinski definition) is 1. The van der Waals surface area contributed by atoms with Crippen molar-refractivity contribution in [3.63, 3.8) is 0 Å². The lowest BCUT2D eigenvalue weighted by molar-refractivity contribution is 0.412. The monoisotopic (exact) mass is 301 g/mol. The summed E-state index contributed by atoms with van der Waals surface area (Å²) in [6.07, 6.45) is 3.43. The predicted molar refractivity (Wildman–Crippen MR) is 82.5 cm³/mol. The van der Waals surface area contributed by atoms with Crippen molar-refractivity contribution in [2.75, 3.05) is 12.3 Å². The van der Waals surface area contributed by atoms with E-state index in [4.69, 9.17) is 11.6 Å². The third-order valence-corrected chi connectivity index (χ3v) is 5.66. The maximum Gasteiger partial charge on any atom is 0.123 e. The zero-order valence-corrected chi connectivity index (χ0v) is 13.1. The number of nitrogens with one attached hydrogen (secondary N) is 1. The third-order valence-electron chi connectivity index (χ3n) is 3.73. The van der Waals surface area contributed by atoms with Crippen molar-refractivity contribution < 1.29 is 4.39 Å². The summed E-state index contributed by atoms with van der Waals surface area (Å²) in [5.74, 6) is 0.961. The lowest BCUT2D eigenvalue weighted by atomic mass is 9.90. The molecule has 1 nitrogen and oxygen atoms in total. The molecular formula is C15H21ClFNS. The van der Waals surface area contributed by atoms with Crippen molar-refractivity contribution in [3.8, 4) is 0 Å². The first-order valence-corrected chi connectivity index (χ1v) is 8.25. The van der Waals surface area contributed by atoms with Crippen LogP contribution in [0.1, 0.15) is 44.7 Å². The van der Waals surface area contributed by atoms with Gasteiger partial charge in [-0.05, 0) is 62.2 Å². The molecule has 0 saturated carbocycles. The fourth-order valence-corrected chi connectivity index (χ4v) is 4.35. The van der Waals surface area contributed by atoms with Crippen molar-refractivity contribution in [3.05, 3.63) is 34.6 Å². The Morgan fingerprint density at radius 3 is 2.95 bits per heavy atom. The third kappa shape index (κ3) is 3.45. The van der Waals surface area contributed by atoms with Gasteiger partial charge in [0.1, 0.15) is 5.82 Å². The van der Waals surface area contributed by atoms with Gasteiger partial charge in [0.25, 0.3) is 0 Å². The first-order valence-electron chi connectivity index (χ1n) is 6.89. The van der Waals surface area contributed by atoms with Crippen molar-refractivity contribution in [2.24, 2.45) is 0 Å². The van der Waals surface area contributed by atoms with Crippen LogP contribution in [0, 0.1) is 5.82 Å². The number of thioether (sulfide) groups is 1. The van der Waals surface area contributed by atoms with Crippen LogP contribution in [0.2, 0.25) is 5.02 Å². The first kappa shape index (κ1) is 15.1. The quantitative estimate of drug-likeness (QED) is 0.838. The molecule has 106 valence electrons. The Bertz CT molecular complexity index is 432. The minimum Gasteiger partial charge on any atom is -0.309 e. The first-order chi connectivity index (χ1) is 9.07. The van der Waals surface area contributed by atoms with E-state index in [9.17, 15) is 4.39 Å². The minimum absolute atomic E-state index is 0.104. The van der Waals surface area contributed by atoms with Crippen LogP contribution in [0.25, 0.3) is 0 Å². The number of halogens is 2. The van der Waals surface area contributed by atoms with E-state index >= 15 is 0 Å². The fourth-order valence-electron chi connectivity index (χ4n) is 2.71. The predicted octanol–water partition coefficient (Wildman–Crippen LogP) is 4.81. The van der Waals surface area contributed by atoms with Crippen LogP contribution in [0.15, 0.2) is 18.2 Å². The average Bonchev–Trinajstić information content (AvgIpc) is 2.82. The van der Waals surface area contributed by atoms with E-state index in [1.54, 1.807) is 12.1 Å². The SMILES string of the molecule is CCCNC(c1cc(F)ccc1Cl)C1(C)CCCS1. The Balaban J connectivity index is 2.33. The Labute approximate surface area is 124 Å². The molecule has 1 aromatic rings. The fraction of sp³-hybridized carbons (Fsp3) is 0.600. The summed E-state index contributed by atoms with van der Waals surface area (Å²) in [6, 6.07) is 4.78. The van der Waals surface area contributed by atoms with Crippen LogP contribution in [-0.4, -0.2) is 17.0 Å². The van der Waals surface area contributed by atoms with Crippen LogP contribution < -0.4 is 5.32 Å². The average molecular weight is 302 g/mol. The van der Waals surface area contributed by atoms with E-state index in [1.165, 1.54) is 18.2 Å². The highest BCUT2D eigenvalue weighted by Gasteiger charge is 2.39. The van der Waals surface area contributed by atoms with Crippen molar-refractivity contribution in [2.45, 2.75) is 43.9 Å². The van der Waals surface area contributed by atoms with Crippen molar-refractivity contribution in [1.82, 2.24) is 5.32 Å². The maximum absolute atomic E-state index is 13.5. The summed E-state index contributed by atoms with van der Waals surface area (Å²) in [4.78, 5) is 0. The Morgan fingerprint density at radius 1 is 1.53 bits per heavy atom. The summed E-state index contributed by atoms with van der Waals surface area (Å²) in [7, 11) is 0. The van der Waals surface area contributed by atoms with Crippen LogP contribution >= 0.6 is 23.4 Å². The van der Waals surface area contributed by atoms with Gasteiger partial charge in [-0.1, -0.05) is 18.5 Å². The molecule has 1 aliphatic rings. The van der Waals surface area contributed by atoms with Gasteiger partial charge in [-0.2, -0.15) is 11.8 Å². The Morgan fingerprint density at radius 2 is 2.32 bits per heavy atom. The Kier molecular flexibility index (Phi) is 5.15. The molecule has 2 rings (SSSR count). The molecule has 2 unspecified atom stereocenters. The van der Waals surface area contributed by atoms with E-state index in [0.717, 1.165) is 24.9 Å². The van der Waals surface area contributed by atoms with E-state index in [1.807, 2.05) is 11.8 Å². The highest BCUT2D eigenvalue weighted by Crippen LogP contribution is 2.47. The van der Waals surface area contributed by atoms with Crippen LogP contribution in [0.4, 0.5) is 4.39 Å². The summed E-state index contributed by atoms with van der Waals surface area (Å²) in [5, 5.41) is 4.22. The molecule has 1 heterocycles. The Hall–Kier alpha value is -0.250. The van der Waals surface area contributed by atoms with Crippen LogP contribution in [-0.2, 0) is 0 Å². The van der Waals surface area contributed by atoms with E-state index < -0.39 is 0 Å². The molecule has 1 aromatic carbocycles. The molecule has 0 amide bonds. The summed E-state index contributed by atoms with van der Waals surface area (Å²) in [5.41, 5.74) is 0.895. The number of benzene rings is 1. The van der Waals surface area contributed by atoms with Gasteiger partial charge in [0.05, 0.1) is 0 Å². The summed E-state index contributed by atoms with van der Waals surface area (Å²) < 4.78 is 13.7. The van der Waals surface area contributed by atoms with E-state index in [2.05, 4.69) is 19.2 Å². The molecule has 0 radical (unpaired) electrons. The number of rotatable bonds is 5. The second-order valence-electron chi connectivity index (χ2n) is 5.32. The molecule has 0 aliphatic carbocycles. The summed E-state index contributed by atoms with van der Waals surface area (Å²) in [6.45, 7) is 5.33. The van der Waals surface area contributed by atoms with Crippen LogP contribution in [0.3, 0.4) is 0 Å². The molecule has 1 fully saturated rings. The zero-order chi connectivity index (χ0) is 13.9. The van der Waals surface area contributed by atoms with Gasteiger partial charge in [-0.15, -0.1) is 0 Å². The van der Waals surface area contributed by atoms with Gasteiger partial charge in [0, 0.05) is 15.8 Å². The maximum atomic E-state index is 13.5. The normalized spacial score (nSPS) is 24.6. The molecule has 1 saturated heterocycles. The van der Waals surface area contributed by atoms with Gasteiger partial charge >= 0.3 is 0 Å². The second kappa shape index (κ2) is 6.47. The molecular weight excluding hydrogens is 281 g/mol. The molecule has 1 aliphatic heterocycles. The van der Waals surface area contributed by atoms with Gasteiger partial charge in [-0.25, -0.2) is 4.39 Å². The molecule has 19 heavy (non-hydrogen) atoms. The van der Waals surface area contributed by atoms with Crippen molar-refractivity contribution >= 4 is 23.4 Å². The second-order valence-corrected chi connectivity index (χ2v) is 7.35. The standard InChI is InChI=1S/C15H21ClFNS/c1-3-8-18-14(15(2)7-4-9-19-15)12-10-11(17)5-6-13(12)16/h5-6,10,14,18H,3-4,7-9H2,1-2H3. The highest BCUT2D eigenvalue weighted by atomic mass is 35.5. The molecule has 1 N–H and O–H groups in total. The van der Waals surface area contributed by atoms with E-state index in [-0.39, 0.29) is 16.6 Å². The lowest BCUT2D eigenvalue weighted by Crippen LogP contribution is -2.38. The largest absolute Gasteiger partial charge is 0.309 e. The molecule has 0 aromatic heterocycles. The van der Waals surface area contributed by atoms with Gasteiger partial charge in [0.15, 0.2) is 0 Å². The highest BCUT2D eigenvalue weighted by molar-refractivity contribution is 8.00. The topological polar surface area (TPSA) is 12.0 Å². The smallest absolute Gasteiger partial charge is 0.123 e. The molecule has 4 heteroatoms. The summed E-state index contributed by atoms with van der Waals surface area (Å²) >= 11 is 8.26. The van der Waals surface area contributed by atoms with Gasteiger partial charge in [0.2, 0.25) is 0 Å². The van der Waals surface area contributed by atoms with Gasteiger partial charge < -0.3 is 5.32 Å².